The first-order chi connectivity index (χ1) is 8.52. The van der Waals surface area contributed by atoms with Gasteiger partial charge >= 0.3 is 6.09 Å². The normalized spacial score (nSPS) is 11.7. The molecule has 1 rings (SSSR count). The maximum atomic E-state index is 12.7. The third kappa shape index (κ3) is 4.53. The van der Waals surface area contributed by atoms with E-state index in [2.05, 4.69) is 5.32 Å². The number of Topliss-reactive ketones (excluding diaryl/α,β-unsaturated/α-hetero) is 1. The number of carbonyl (C=O) groups is 2. The predicted octanol–water partition coefficient (Wildman–Crippen LogP) is 2.53. The molecule has 0 aliphatic carbocycles. The Kier molecular flexibility index (Phi) is 5.30. The second-order valence-corrected chi connectivity index (χ2v) is 3.90. The van der Waals surface area contributed by atoms with Crippen LogP contribution in [-0.2, 0) is 4.74 Å². The third-order valence-electron chi connectivity index (χ3n) is 2.30. The van der Waals surface area contributed by atoms with Crippen LogP contribution in [0.4, 0.5) is 9.18 Å². The van der Waals surface area contributed by atoms with Gasteiger partial charge in [-0.05, 0) is 38.1 Å². The molecule has 0 bridgehead atoms. The monoisotopic (exact) mass is 253 g/mol. The minimum Gasteiger partial charge on any atom is -0.450 e. The van der Waals surface area contributed by atoms with Gasteiger partial charge in [-0.25, -0.2) is 9.18 Å². The maximum Gasteiger partial charge on any atom is 0.407 e. The lowest BCUT2D eigenvalue weighted by Gasteiger charge is -2.12. The van der Waals surface area contributed by atoms with Crippen LogP contribution in [0, 0.1) is 5.82 Å². The van der Waals surface area contributed by atoms with Crippen LogP contribution >= 0.6 is 0 Å². The fourth-order valence-corrected chi connectivity index (χ4v) is 1.46. The highest BCUT2D eigenvalue weighted by Crippen LogP contribution is 2.07. The van der Waals surface area contributed by atoms with Gasteiger partial charge in [-0.15, -0.1) is 0 Å². The molecule has 0 spiro atoms. The molecule has 4 nitrogen and oxygen atoms in total. The highest BCUT2D eigenvalue weighted by molar-refractivity contribution is 5.96. The van der Waals surface area contributed by atoms with E-state index in [0.29, 0.717) is 5.56 Å². The molecule has 0 aliphatic rings. The fourth-order valence-electron chi connectivity index (χ4n) is 1.46. The highest BCUT2D eigenvalue weighted by Gasteiger charge is 2.13. The number of carbonyl (C=O) groups excluding carboxylic acids is 2. The number of halogens is 1. The summed E-state index contributed by atoms with van der Waals surface area (Å²) < 4.78 is 17.4. The minimum absolute atomic E-state index is 0.143. The Labute approximate surface area is 105 Å². The summed E-state index contributed by atoms with van der Waals surface area (Å²) in [6, 6.07) is 4.98. The van der Waals surface area contributed by atoms with Crippen LogP contribution < -0.4 is 5.32 Å². The summed E-state index contributed by atoms with van der Waals surface area (Å²) in [6.45, 7) is 3.69. The summed E-state index contributed by atoms with van der Waals surface area (Å²) in [5.74, 6) is -0.538. The van der Waals surface area contributed by atoms with E-state index in [4.69, 9.17) is 4.74 Å². The first-order valence-electron chi connectivity index (χ1n) is 5.75. The van der Waals surface area contributed by atoms with Crippen molar-refractivity contribution in [1.29, 1.82) is 0 Å². The molecule has 98 valence electrons. The summed E-state index contributed by atoms with van der Waals surface area (Å²) in [5, 5.41) is 2.54. The topological polar surface area (TPSA) is 55.4 Å². The zero-order valence-electron chi connectivity index (χ0n) is 10.4. The van der Waals surface area contributed by atoms with Crippen LogP contribution in [0.15, 0.2) is 24.3 Å². The van der Waals surface area contributed by atoms with Crippen LogP contribution in [0.1, 0.15) is 30.6 Å². The number of nitrogens with one attached hydrogen (secondary N) is 1. The highest BCUT2D eigenvalue weighted by atomic mass is 19.1. The molecule has 0 saturated heterocycles. The second kappa shape index (κ2) is 6.74. The number of hydrogen-bond acceptors (Lipinski definition) is 3. The first-order valence-corrected chi connectivity index (χ1v) is 5.75. The molecular weight excluding hydrogens is 237 g/mol. The molecule has 1 aromatic carbocycles. The van der Waals surface area contributed by atoms with Crippen molar-refractivity contribution in [1.82, 2.24) is 5.32 Å². The van der Waals surface area contributed by atoms with Crippen LogP contribution in [-0.4, -0.2) is 24.5 Å². The van der Waals surface area contributed by atoms with Gasteiger partial charge < -0.3 is 10.1 Å². The number of amides is 1. The smallest absolute Gasteiger partial charge is 0.407 e. The Bertz CT molecular complexity index is 417. The standard InChI is InChI=1S/C13H16FNO3/c1-3-18-13(17)15-9(2)8-12(16)10-4-6-11(14)7-5-10/h4-7,9H,3,8H2,1-2H3,(H,15,17). The molecule has 1 amide bonds. The molecule has 1 N–H and O–H groups in total. The second-order valence-electron chi connectivity index (χ2n) is 3.90. The van der Waals surface area contributed by atoms with E-state index < -0.39 is 6.09 Å². The summed E-state index contributed by atoms with van der Waals surface area (Å²) in [4.78, 5) is 22.9. The van der Waals surface area contributed by atoms with Crippen molar-refractivity contribution in [3.05, 3.63) is 35.6 Å². The Balaban J connectivity index is 2.49. The van der Waals surface area contributed by atoms with Gasteiger partial charge in [-0.3, -0.25) is 4.79 Å². The van der Waals surface area contributed by atoms with Crippen molar-refractivity contribution in [2.45, 2.75) is 26.3 Å². The van der Waals surface area contributed by atoms with E-state index in [9.17, 15) is 14.0 Å². The van der Waals surface area contributed by atoms with E-state index >= 15 is 0 Å². The number of hydrogen-bond donors (Lipinski definition) is 1. The Morgan fingerprint density at radius 1 is 1.33 bits per heavy atom. The van der Waals surface area contributed by atoms with Crippen LogP contribution in [0.2, 0.25) is 0 Å². The van der Waals surface area contributed by atoms with Crippen molar-refractivity contribution in [2.75, 3.05) is 6.61 Å². The van der Waals surface area contributed by atoms with Gasteiger partial charge in [-0.2, -0.15) is 0 Å². The van der Waals surface area contributed by atoms with Crippen LogP contribution in [0.3, 0.4) is 0 Å². The van der Waals surface area contributed by atoms with E-state index in [1.165, 1.54) is 24.3 Å². The lowest BCUT2D eigenvalue weighted by atomic mass is 10.0. The van der Waals surface area contributed by atoms with Crippen molar-refractivity contribution in [3.8, 4) is 0 Å². The van der Waals surface area contributed by atoms with Gasteiger partial charge in [0.25, 0.3) is 0 Å². The zero-order valence-corrected chi connectivity index (χ0v) is 10.4. The SMILES string of the molecule is CCOC(=O)NC(C)CC(=O)c1ccc(F)cc1. The number of alkyl carbamates (subject to hydrolysis) is 1. The maximum absolute atomic E-state index is 12.7. The zero-order chi connectivity index (χ0) is 13.5. The molecule has 0 aromatic heterocycles. The molecule has 1 atom stereocenters. The van der Waals surface area contributed by atoms with Crippen LogP contribution in [0.5, 0.6) is 0 Å². The molecule has 1 unspecified atom stereocenters. The fraction of sp³-hybridized carbons (Fsp3) is 0.385. The number of ether oxygens (including phenoxy) is 1. The van der Waals surface area contributed by atoms with Gasteiger partial charge in [0.2, 0.25) is 0 Å². The van der Waals surface area contributed by atoms with Gasteiger partial charge in [0.05, 0.1) is 6.61 Å². The quantitative estimate of drug-likeness (QED) is 0.820. The lowest BCUT2D eigenvalue weighted by Crippen LogP contribution is -2.34. The predicted molar refractivity (Wildman–Crippen MR) is 65.0 cm³/mol. The summed E-state index contributed by atoms with van der Waals surface area (Å²) in [5.41, 5.74) is 0.425. The Morgan fingerprint density at radius 2 is 1.94 bits per heavy atom. The third-order valence-corrected chi connectivity index (χ3v) is 2.30. The van der Waals surface area contributed by atoms with Gasteiger partial charge in [-0.1, -0.05) is 0 Å². The molecule has 18 heavy (non-hydrogen) atoms. The summed E-state index contributed by atoms with van der Waals surface area (Å²) in [6.07, 6.45) is -0.401. The molecular formula is C13H16FNO3. The number of rotatable bonds is 5. The Hall–Kier alpha value is -1.91. The van der Waals surface area contributed by atoms with Gasteiger partial charge in [0.15, 0.2) is 5.78 Å². The van der Waals surface area contributed by atoms with Crippen molar-refractivity contribution >= 4 is 11.9 Å². The van der Waals surface area contributed by atoms with Crippen LogP contribution in [0.25, 0.3) is 0 Å². The summed E-state index contributed by atoms with van der Waals surface area (Å²) >= 11 is 0. The van der Waals surface area contributed by atoms with Crippen molar-refractivity contribution in [2.24, 2.45) is 0 Å². The molecule has 0 fully saturated rings. The van der Waals surface area contributed by atoms with E-state index in [-0.39, 0.29) is 30.7 Å². The van der Waals surface area contributed by atoms with Crippen molar-refractivity contribution < 1.29 is 18.7 Å². The number of ketones is 1. The average molecular weight is 253 g/mol. The van der Waals surface area contributed by atoms with Gasteiger partial charge in [0, 0.05) is 18.0 Å². The molecule has 0 saturated carbocycles. The first kappa shape index (κ1) is 14.2. The molecule has 0 radical (unpaired) electrons. The largest absolute Gasteiger partial charge is 0.450 e. The average Bonchev–Trinajstić information content (AvgIpc) is 2.29. The minimum atomic E-state index is -0.545. The van der Waals surface area contributed by atoms with Crippen molar-refractivity contribution in [3.63, 3.8) is 0 Å². The summed E-state index contributed by atoms with van der Waals surface area (Å²) in [7, 11) is 0. The van der Waals surface area contributed by atoms with Gasteiger partial charge in [0.1, 0.15) is 5.82 Å². The number of benzene rings is 1. The van der Waals surface area contributed by atoms with E-state index in [1.54, 1.807) is 13.8 Å². The van der Waals surface area contributed by atoms with E-state index in [1.807, 2.05) is 0 Å². The molecule has 0 aliphatic heterocycles. The molecule has 5 heteroatoms. The Morgan fingerprint density at radius 3 is 2.50 bits per heavy atom. The molecule has 1 aromatic rings. The molecule has 0 heterocycles. The van der Waals surface area contributed by atoms with E-state index in [0.717, 1.165) is 0 Å². The lowest BCUT2D eigenvalue weighted by molar-refractivity contribution is 0.0968.